The number of hydrogen-bond donors (Lipinski definition) is 0. The molecule has 22 heavy (non-hydrogen) atoms. The average molecular weight is 355 g/mol. The fourth-order valence-electron chi connectivity index (χ4n) is 2.85. The molecule has 0 spiro atoms. The van der Waals surface area contributed by atoms with Crippen molar-refractivity contribution in [3.63, 3.8) is 0 Å². The molecule has 0 saturated heterocycles. The molecule has 0 radical (unpaired) electrons. The molecule has 0 aliphatic heterocycles. The molecular formula is C17H34O2Si3. The van der Waals surface area contributed by atoms with Crippen LogP contribution in [-0.2, 0) is 8.23 Å². The molecule has 0 saturated carbocycles. The van der Waals surface area contributed by atoms with Crippen LogP contribution >= 0.6 is 0 Å². The number of aryl methyl sites for hydroxylation is 1. The zero-order chi connectivity index (χ0) is 17.3. The first-order valence-corrected chi connectivity index (χ1v) is 17.4. The van der Waals surface area contributed by atoms with E-state index >= 15 is 0 Å². The molecule has 0 atom stereocenters. The molecule has 0 aliphatic carbocycles. The van der Waals surface area contributed by atoms with Crippen molar-refractivity contribution in [3.05, 3.63) is 29.3 Å². The summed E-state index contributed by atoms with van der Waals surface area (Å²) in [5, 5.41) is 1.28. The third kappa shape index (κ3) is 5.77. The molecule has 0 heterocycles. The smallest absolute Gasteiger partial charge is 0.348 e. The van der Waals surface area contributed by atoms with Gasteiger partial charge in [0, 0.05) is 0 Å². The van der Waals surface area contributed by atoms with E-state index < -0.39 is 25.2 Å². The number of benzene rings is 1. The van der Waals surface area contributed by atoms with E-state index in [1.165, 1.54) is 16.3 Å². The quantitative estimate of drug-likeness (QED) is 0.662. The Morgan fingerprint density at radius 3 is 1.64 bits per heavy atom. The van der Waals surface area contributed by atoms with Crippen LogP contribution in [0.15, 0.2) is 18.2 Å². The minimum atomic E-state index is -2.37. The normalized spacial score (nSPS) is 13.8. The van der Waals surface area contributed by atoms with Crippen LogP contribution in [0.25, 0.3) is 0 Å². The molecule has 0 unspecified atom stereocenters. The maximum atomic E-state index is 6.65. The van der Waals surface area contributed by atoms with Gasteiger partial charge in [-0.1, -0.05) is 32.0 Å². The van der Waals surface area contributed by atoms with Crippen LogP contribution in [-0.4, -0.2) is 25.2 Å². The lowest BCUT2D eigenvalue weighted by Gasteiger charge is -2.39. The number of hydrogen-bond acceptors (Lipinski definition) is 2. The summed E-state index contributed by atoms with van der Waals surface area (Å²) in [4.78, 5) is 0. The van der Waals surface area contributed by atoms with Gasteiger partial charge >= 0.3 is 8.56 Å². The topological polar surface area (TPSA) is 18.5 Å². The van der Waals surface area contributed by atoms with Crippen molar-refractivity contribution in [3.8, 4) is 0 Å². The Kier molecular flexibility index (Phi) is 6.07. The maximum Gasteiger partial charge on any atom is 0.348 e. The molecule has 1 aromatic rings. The molecule has 0 N–H and O–H groups in total. The van der Waals surface area contributed by atoms with Crippen molar-refractivity contribution >= 4 is 30.4 Å². The van der Waals surface area contributed by atoms with E-state index in [9.17, 15) is 0 Å². The van der Waals surface area contributed by atoms with Gasteiger partial charge in [0.25, 0.3) is 0 Å². The van der Waals surface area contributed by atoms with E-state index in [1.807, 2.05) is 0 Å². The van der Waals surface area contributed by atoms with Gasteiger partial charge in [0.1, 0.15) is 0 Å². The predicted octanol–water partition coefficient (Wildman–Crippen LogP) is 5.10. The van der Waals surface area contributed by atoms with Gasteiger partial charge in [0.05, 0.1) is 0 Å². The van der Waals surface area contributed by atoms with E-state index in [-0.39, 0.29) is 0 Å². The van der Waals surface area contributed by atoms with Gasteiger partial charge in [-0.05, 0) is 75.0 Å². The van der Waals surface area contributed by atoms with Gasteiger partial charge in [0.2, 0.25) is 0 Å². The summed E-state index contributed by atoms with van der Waals surface area (Å²) in [6.45, 7) is 22.5. The Balaban J connectivity index is 3.35. The van der Waals surface area contributed by atoms with Crippen LogP contribution < -0.4 is 5.19 Å². The highest BCUT2D eigenvalue weighted by Gasteiger charge is 2.42. The second-order valence-electron chi connectivity index (χ2n) is 8.60. The molecular weight excluding hydrogens is 320 g/mol. The summed E-state index contributed by atoms with van der Waals surface area (Å²) in [5.74, 6) is 0.525. The van der Waals surface area contributed by atoms with Crippen molar-refractivity contribution in [2.24, 2.45) is 0 Å². The third-order valence-corrected chi connectivity index (χ3v) is 12.8. The van der Waals surface area contributed by atoms with E-state index in [0.29, 0.717) is 5.92 Å². The molecule has 0 fully saturated rings. The predicted molar refractivity (Wildman–Crippen MR) is 105 cm³/mol. The largest absolute Gasteiger partial charge is 0.433 e. The Labute approximate surface area is 140 Å². The van der Waals surface area contributed by atoms with E-state index in [1.54, 1.807) is 0 Å². The van der Waals surface area contributed by atoms with Crippen molar-refractivity contribution in [2.45, 2.75) is 72.5 Å². The number of rotatable bonds is 6. The van der Waals surface area contributed by atoms with Crippen LogP contribution in [0.1, 0.15) is 30.9 Å². The van der Waals surface area contributed by atoms with Gasteiger partial charge in [-0.25, -0.2) is 0 Å². The maximum absolute atomic E-state index is 6.65. The minimum Gasteiger partial charge on any atom is -0.433 e. The average Bonchev–Trinajstić information content (AvgIpc) is 2.23. The first-order valence-electron chi connectivity index (χ1n) is 8.25. The lowest BCUT2D eigenvalue weighted by Crippen LogP contribution is -2.60. The van der Waals surface area contributed by atoms with Gasteiger partial charge in [0.15, 0.2) is 16.6 Å². The SMILES string of the molecule is Cc1ccc([Si](C)(O[Si](C)(C)C)O[Si](C)(C)C)cc1C(C)C. The first-order chi connectivity index (χ1) is 9.73. The molecule has 0 amide bonds. The van der Waals surface area contributed by atoms with Crippen LogP contribution in [0.2, 0.25) is 45.8 Å². The molecule has 0 aromatic heterocycles. The summed E-state index contributed by atoms with van der Waals surface area (Å²) in [6, 6.07) is 6.80. The first kappa shape index (κ1) is 19.8. The Morgan fingerprint density at radius 1 is 0.818 bits per heavy atom. The standard InChI is InChI=1S/C17H34O2Si3/c1-14(2)17-13-16(12-11-15(17)3)22(10,18-20(4,5)6)19-21(7,8)9/h11-14H,1-10H3. The highest BCUT2D eigenvalue weighted by atomic mass is 28.5. The van der Waals surface area contributed by atoms with Gasteiger partial charge in [-0.15, -0.1) is 0 Å². The van der Waals surface area contributed by atoms with Crippen LogP contribution in [0, 0.1) is 6.92 Å². The monoisotopic (exact) mass is 354 g/mol. The summed E-state index contributed by atoms with van der Waals surface area (Å²) >= 11 is 0. The fourth-order valence-corrected chi connectivity index (χ4v) is 14.5. The summed E-state index contributed by atoms with van der Waals surface area (Å²) < 4.78 is 13.3. The van der Waals surface area contributed by atoms with Crippen molar-refractivity contribution < 1.29 is 8.23 Å². The van der Waals surface area contributed by atoms with E-state index in [0.717, 1.165) is 0 Å². The molecule has 1 aromatic carbocycles. The highest BCUT2D eigenvalue weighted by Crippen LogP contribution is 2.24. The van der Waals surface area contributed by atoms with Gasteiger partial charge in [-0.3, -0.25) is 0 Å². The molecule has 5 heteroatoms. The van der Waals surface area contributed by atoms with Crippen molar-refractivity contribution in [1.82, 2.24) is 0 Å². The van der Waals surface area contributed by atoms with E-state index in [2.05, 4.69) is 84.8 Å². The van der Waals surface area contributed by atoms with Crippen LogP contribution in [0.4, 0.5) is 0 Å². The Hall–Kier alpha value is -0.209. The van der Waals surface area contributed by atoms with Crippen molar-refractivity contribution in [1.29, 1.82) is 0 Å². The zero-order valence-electron chi connectivity index (χ0n) is 16.1. The Bertz CT molecular complexity index is 498. The third-order valence-electron chi connectivity index (χ3n) is 3.43. The van der Waals surface area contributed by atoms with E-state index in [4.69, 9.17) is 8.23 Å². The van der Waals surface area contributed by atoms with Gasteiger partial charge in [-0.2, -0.15) is 0 Å². The van der Waals surface area contributed by atoms with Crippen LogP contribution in [0.3, 0.4) is 0 Å². The molecule has 0 aliphatic rings. The molecule has 1 rings (SSSR count). The second kappa shape index (κ2) is 6.73. The fraction of sp³-hybridized carbons (Fsp3) is 0.647. The van der Waals surface area contributed by atoms with Gasteiger partial charge < -0.3 is 8.23 Å². The summed E-state index contributed by atoms with van der Waals surface area (Å²) in [5.41, 5.74) is 2.77. The Morgan fingerprint density at radius 2 is 1.27 bits per heavy atom. The lowest BCUT2D eigenvalue weighted by atomic mass is 9.98. The highest BCUT2D eigenvalue weighted by molar-refractivity contribution is 6.94. The molecule has 126 valence electrons. The molecule has 0 bridgehead atoms. The zero-order valence-corrected chi connectivity index (χ0v) is 19.1. The second-order valence-corrected chi connectivity index (χ2v) is 21.2. The summed E-state index contributed by atoms with van der Waals surface area (Å²) in [7, 11) is -5.72. The summed E-state index contributed by atoms with van der Waals surface area (Å²) in [6.07, 6.45) is 0. The lowest BCUT2D eigenvalue weighted by molar-refractivity contribution is 0.404. The van der Waals surface area contributed by atoms with Crippen LogP contribution in [0.5, 0.6) is 0 Å². The minimum absolute atomic E-state index is 0.525. The molecule has 2 nitrogen and oxygen atoms in total. The van der Waals surface area contributed by atoms with Crippen molar-refractivity contribution in [2.75, 3.05) is 0 Å².